The Balaban J connectivity index is 1.72. The topological polar surface area (TPSA) is 68.0 Å². The second kappa shape index (κ2) is 7.80. The standard InChI is InChI=1S/C18H18ClN3O2S/c1-12-5-3-4-6-14(12)18-21-17(22-24-18)10-20-16-9-13(11-25(2)23)7-8-15(16)19/h3-9,20H,10-11H2,1-2H3/t25-/m0/s1. The summed E-state index contributed by atoms with van der Waals surface area (Å²) in [4.78, 5) is 4.42. The molecule has 0 saturated heterocycles. The molecule has 5 nitrogen and oxygen atoms in total. The normalized spacial score (nSPS) is 12.1. The molecule has 1 atom stereocenters. The zero-order valence-electron chi connectivity index (χ0n) is 14.0. The predicted molar refractivity (Wildman–Crippen MR) is 101 cm³/mol. The molecular formula is C18H18ClN3O2S. The van der Waals surface area contributed by atoms with E-state index in [1.54, 1.807) is 12.3 Å². The third kappa shape index (κ3) is 4.46. The molecule has 3 aromatic rings. The fourth-order valence-corrected chi connectivity index (χ4v) is 3.29. The highest BCUT2D eigenvalue weighted by atomic mass is 35.5. The molecular weight excluding hydrogens is 358 g/mol. The number of halogens is 1. The van der Waals surface area contributed by atoms with Crippen molar-refractivity contribution < 1.29 is 8.73 Å². The fourth-order valence-electron chi connectivity index (χ4n) is 2.45. The van der Waals surface area contributed by atoms with E-state index in [1.165, 1.54) is 0 Å². The summed E-state index contributed by atoms with van der Waals surface area (Å²) in [5, 5.41) is 7.81. The molecule has 1 aromatic heterocycles. The number of aryl methyl sites for hydroxylation is 1. The lowest BCUT2D eigenvalue weighted by Crippen LogP contribution is -2.03. The van der Waals surface area contributed by atoms with E-state index in [0.29, 0.717) is 29.0 Å². The number of nitrogens with zero attached hydrogens (tertiary/aromatic N) is 2. The summed E-state index contributed by atoms with van der Waals surface area (Å²) in [6, 6.07) is 13.4. The quantitative estimate of drug-likeness (QED) is 0.699. The van der Waals surface area contributed by atoms with Crippen LogP contribution in [-0.4, -0.2) is 20.6 Å². The zero-order valence-corrected chi connectivity index (χ0v) is 15.5. The van der Waals surface area contributed by atoms with Gasteiger partial charge in [0.25, 0.3) is 5.89 Å². The summed E-state index contributed by atoms with van der Waals surface area (Å²) in [5.41, 5.74) is 3.72. The summed E-state index contributed by atoms with van der Waals surface area (Å²) in [6.07, 6.45) is 1.67. The van der Waals surface area contributed by atoms with E-state index in [4.69, 9.17) is 16.1 Å². The minimum atomic E-state index is -0.902. The maximum absolute atomic E-state index is 11.4. The largest absolute Gasteiger partial charge is 0.376 e. The van der Waals surface area contributed by atoms with Gasteiger partial charge in [0.15, 0.2) is 5.82 Å². The van der Waals surface area contributed by atoms with Crippen molar-refractivity contribution in [2.24, 2.45) is 0 Å². The number of aromatic nitrogens is 2. The van der Waals surface area contributed by atoms with Crippen molar-refractivity contribution in [3.63, 3.8) is 0 Å². The monoisotopic (exact) mass is 375 g/mol. The van der Waals surface area contributed by atoms with Gasteiger partial charge in [-0.1, -0.05) is 41.0 Å². The summed E-state index contributed by atoms with van der Waals surface area (Å²) in [5.74, 6) is 1.53. The Morgan fingerprint density at radius 1 is 1.24 bits per heavy atom. The second-order valence-corrected chi connectivity index (χ2v) is 7.56. The van der Waals surface area contributed by atoms with Gasteiger partial charge in [0.2, 0.25) is 0 Å². The van der Waals surface area contributed by atoms with Crippen molar-refractivity contribution in [3.8, 4) is 11.5 Å². The van der Waals surface area contributed by atoms with Crippen LogP contribution in [0.15, 0.2) is 47.0 Å². The van der Waals surface area contributed by atoms with Gasteiger partial charge in [-0.15, -0.1) is 0 Å². The predicted octanol–water partition coefficient (Wildman–Crippen LogP) is 4.19. The van der Waals surface area contributed by atoms with E-state index < -0.39 is 10.8 Å². The van der Waals surface area contributed by atoms with Crippen molar-refractivity contribution in [1.29, 1.82) is 0 Å². The van der Waals surface area contributed by atoms with Crippen LogP contribution in [0.1, 0.15) is 17.0 Å². The number of hydrogen-bond acceptors (Lipinski definition) is 5. The number of rotatable bonds is 6. The Morgan fingerprint density at radius 2 is 2.04 bits per heavy atom. The molecule has 130 valence electrons. The molecule has 7 heteroatoms. The van der Waals surface area contributed by atoms with Crippen LogP contribution in [0, 0.1) is 6.92 Å². The van der Waals surface area contributed by atoms with Crippen LogP contribution in [0.4, 0.5) is 5.69 Å². The number of benzene rings is 2. The van der Waals surface area contributed by atoms with Gasteiger partial charge in [0.05, 0.1) is 17.3 Å². The summed E-state index contributed by atoms with van der Waals surface area (Å²) >= 11 is 6.22. The lowest BCUT2D eigenvalue weighted by Gasteiger charge is -2.08. The van der Waals surface area contributed by atoms with Crippen LogP contribution in [0.25, 0.3) is 11.5 Å². The Kier molecular flexibility index (Phi) is 5.50. The average Bonchev–Trinajstić information content (AvgIpc) is 3.04. The van der Waals surface area contributed by atoms with Gasteiger partial charge >= 0.3 is 0 Å². The molecule has 0 bridgehead atoms. The van der Waals surface area contributed by atoms with Crippen molar-refractivity contribution in [2.75, 3.05) is 11.6 Å². The maximum atomic E-state index is 11.4. The molecule has 0 aliphatic rings. The van der Waals surface area contributed by atoms with E-state index in [0.717, 1.165) is 22.4 Å². The first kappa shape index (κ1) is 17.6. The van der Waals surface area contributed by atoms with Crippen molar-refractivity contribution in [3.05, 3.63) is 64.4 Å². The highest BCUT2D eigenvalue weighted by Gasteiger charge is 2.11. The van der Waals surface area contributed by atoms with E-state index in [-0.39, 0.29) is 0 Å². The molecule has 0 unspecified atom stereocenters. The Hall–Kier alpha value is -2.18. The van der Waals surface area contributed by atoms with Gasteiger partial charge in [0.1, 0.15) is 0 Å². The first-order valence-corrected chi connectivity index (χ1v) is 9.84. The molecule has 0 amide bonds. The van der Waals surface area contributed by atoms with Crippen LogP contribution >= 0.6 is 11.6 Å². The van der Waals surface area contributed by atoms with Crippen LogP contribution in [0.5, 0.6) is 0 Å². The molecule has 0 spiro atoms. The minimum absolute atomic E-state index is 0.383. The molecule has 0 saturated carbocycles. The van der Waals surface area contributed by atoms with Gasteiger partial charge in [-0.3, -0.25) is 4.21 Å². The lowest BCUT2D eigenvalue weighted by atomic mass is 10.1. The molecule has 1 heterocycles. The van der Waals surface area contributed by atoms with Gasteiger partial charge < -0.3 is 9.84 Å². The fraction of sp³-hybridized carbons (Fsp3) is 0.222. The third-order valence-corrected chi connectivity index (χ3v) is 4.75. The molecule has 3 rings (SSSR count). The Bertz CT molecular complexity index is 911. The summed E-state index contributed by atoms with van der Waals surface area (Å²) in [6.45, 7) is 2.38. The SMILES string of the molecule is Cc1ccccc1-c1nc(CNc2cc(C[S@](C)=O)ccc2Cl)no1. The molecule has 0 radical (unpaired) electrons. The first-order chi connectivity index (χ1) is 12.0. The number of anilines is 1. The molecule has 0 fully saturated rings. The Labute approximate surface area is 153 Å². The molecule has 2 aromatic carbocycles. The smallest absolute Gasteiger partial charge is 0.258 e. The van der Waals surface area contributed by atoms with Crippen molar-refractivity contribution in [1.82, 2.24) is 10.1 Å². The van der Waals surface area contributed by atoms with Crippen LogP contribution in [-0.2, 0) is 23.1 Å². The average molecular weight is 376 g/mol. The second-order valence-electron chi connectivity index (χ2n) is 5.72. The molecule has 0 aliphatic carbocycles. The van der Waals surface area contributed by atoms with Crippen molar-refractivity contribution >= 4 is 28.1 Å². The van der Waals surface area contributed by atoms with E-state index in [9.17, 15) is 4.21 Å². The molecule has 25 heavy (non-hydrogen) atoms. The summed E-state index contributed by atoms with van der Waals surface area (Å²) < 4.78 is 16.7. The van der Waals surface area contributed by atoms with E-state index in [1.807, 2.05) is 43.3 Å². The van der Waals surface area contributed by atoms with E-state index in [2.05, 4.69) is 15.5 Å². The minimum Gasteiger partial charge on any atom is -0.376 e. The van der Waals surface area contributed by atoms with Gasteiger partial charge in [-0.2, -0.15) is 4.98 Å². The zero-order chi connectivity index (χ0) is 17.8. The van der Waals surface area contributed by atoms with Crippen LogP contribution in [0.2, 0.25) is 5.02 Å². The van der Waals surface area contributed by atoms with Gasteiger partial charge in [-0.25, -0.2) is 0 Å². The maximum Gasteiger partial charge on any atom is 0.258 e. The first-order valence-electron chi connectivity index (χ1n) is 7.74. The van der Waals surface area contributed by atoms with Crippen LogP contribution < -0.4 is 5.32 Å². The Morgan fingerprint density at radius 3 is 2.80 bits per heavy atom. The highest BCUT2D eigenvalue weighted by molar-refractivity contribution is 7.83. The third-order valence-electron chi connectivity index (χ3n) is 3.68. The molecule has 0 aliphatic heterocycles. The van der Waals surface area contributed by atoms with Gasteiger partial charge in [-0.05, 0) is 36.2 Å². The van der Waals surface area contributed by atoms with Crippen molar-refractivity contribution in [2.45, 2.75) is 19.2 Å². The summed E-state index contributed by atoms with van der Waals surface area (Å²) in [7, 11) is -0.902. The number of hydrogen-bond donors (Lipinski definition) is 1. The molecule has 1 N–H and O–H groups in total. The van der Waals surface area contributed by atoms with E-state index >= 15 is 0 Å². The lowest BCUT2D eigenvalue weighted by molar-refractivity contribution is 0.423. The number of nitrogens with one attached hydrogen (secondary N) is 1. The highest BCUT2D eigenvalue weighted by Crippen LogP contribution is 2.25. The van der Waals surface area contributed by atoms with Crippen LogP contribution in [0.3, 0.4) is 0 Å². The van der Waals surface area contributed by atoms with Gasteiger partial charge in [0, 0.05) is 28.4 Å².